The molecule has 3 heteroatoms. The van der Waals surface area contributed by atoms with E-state index in [-0.39, 0.29) is 0 Å². The standard InChI is InChI=1S/C16H27N3/c1-11(2)8-17-16-18-12(3)9-19(16)10-15(13-4-5-13)14-6-7-14/h9,11,13-15H,4-8,10H2,1-3H3,(H,17,18). The van der Waals surface area contributed by atoms with Gasteiger partial charge in [0.15, 0.2) is 0 Å². The van der Waals surface area contributed by atoms with Crippen molar-refractivity contribution in [3.05, 3.63) is 11.9 Å². The maximum atomic E-state index is 4.65. The van der Waals surface area contributed by atoms with E-state index >= 15 is 0 Å². The molecule has 2 saturated carbocycles. The average molecular weight is 261 g/mol. The van der Waals surface area contributed by atoms with Crippen LogP contribution >= 0.6 is 0 Å². The summed E-state index contributed by atoms with van der Waals surface area (Å²) >= 11 is 0. The summed E-state index contributed by atoms with van der Waals surface area (Å²) in [6, 6.07) is 0. The number of nitrogens with one attached hydrogen (secondary N) is 1. The Morgan fingerprint density at radius 3 is 2.42 bits per heavy atom. The summed E-state index contributed by atoms with van der Waals surface area (Å²) in [4.78, 5) is 4.65. The SMILES string of the molecule is Cc1cn(CC(C2CC2)C2CC2)c(NCC(C)C)n1. The number of hydrogen-bond donors (Lipinski definition) is 1. The molecule has 2 fully saturated rings. The Labute approximate surface area is 116 Å². The maximum absolute atomic E-state index is 4.65. The molecule has 2 aliphatic rings. The first-order valence-corrected chi connectivity index (χ1v) is 7.91. The second-order valence-corrected chi connectivity index (χ2v) is 6.97. The smallest absolute Gasteiger partial charge is 0.203 e. The molecular formula is C16H27N3. The third-order valence-corrected chi connectivity index (χ3v) is 4.43. The number of hydrogen-bond acceptors (Lipinski definition) is 2. The molecule has 0 aliphatic heterocycles. The van der Waals surface area contributed by atoms with Crippen LogP contribution < -0.4 is 5.32 Å². The summed E-state index contributed by atoms with van der Waals surface area (Å²) in [5, 5.41) is 3.51. The highest BCUT2D eigenvalue weighted by Gasteiger charge is 2.41. The van der Waals surface area contributed by atoms with Crippen molar-refractivity contribution >= 4 is 5.95 Å². The Balaban J connectivity index is 1.68. The van der Waals surface area contributed by atoms with Gasteiger partial charge in [-0.3, -0.25) is 0 Å². The van der Waals surface area contributed by atoms with Gasteiger partial charge in [0.05, 0.1) is 5.69 Å². The topological polar surface area (TPSA) is 29.9 Å². The Bertz CT molecular complexity index is 415. The van der Waals surface area contributed by atoms with Crippen molar-refractivity contribution in [3.8, 4) is 0 Å². The van der Waals surface area contributed by atoms with Crippen LogP contribution in [0, 0.1) is 30.6 Å². The molecule has 3 nitrogen and oxygen atoms in total. The van der Waals surface area contributed by atoms with E-state index in [9.17, 15) is 0 Å². The third-order valence-electron chi connectivity index (χ3n) is 4.43. The number of aromatic nitrogens is 2. The molecule has 19 heavy (non-hydrogen) atoms. The van der Waals surface area contributed by atoms with Gasteiger partial charge in [0, 0.05) is 19.3 Å². The van der Waals surface area contributed by atoms with Gasteiger partial charge in [0.2, 0.25) is 5.95 Å². The van der Waals surface area contributed by atoms with Crippen LogP contribution in [0.4, 0.5) is 5.95 Å². The van der Waals surface area contributed by atoms with Crippen LogP contribution in [0.25, 0.3) is 0 Å². The first-order valence-electron chi connectivity index (χ1n) is 7.91. The molecule has 0 spiro atoms. The molecule has 0 atom stereocenters. The first-order chi connectivity index (χ1) is 9.13. The van der Waals surface area contributed by atoms with Crippen molar-refractivity contribution in [3.63, 3.8) is 0 Å². The molecule has 0 aromatic carbocycles. The molecule has 0 radical (unpaired) electrons. The Morgan fingerprint density at radius 2 is 1.89 bits per heavy atom. The van der Waals surface area contributed by atoms with Crippen LogP contribution in [0.5, 0.6) is 0 Å². The fourth-order valence-corrected chi connectivity index (χ4v) is 3.08. The highest BCUT2D eigenvalue weighted by Crippen LogP contribution is 2.50. The van der Waals surface area contributed by atoms with E-state index in [1.807, 2.05) is 0 Å². The van der Waals surface area contributed by atoms with Crippen molar-refractivity contribution in [1.82, 2.24) is 9.55 Å². The maximum Gasteiger partial charge on any atom is 0.203 e. The first kappa shape index (κ1) is 13.0. The van der Waals surface area contributed by atoms with Crippen LogP contribution in [-0.2, 0) is 6.54 Å². The normalized spacial score (nSPS) is 19.4. The molecular weight excluding hydrogens is 234 g/mol. The lowest BCUT2D eigenvalue weighted by Gasteiger charge is -2.18. The number of aryl methyl sites for hydroxylation is 1. The monoisotopic (exact) mass is 261 g/mol. The van der Waals surface area contributed by atoms with E-state index < -0.39 is 0 Å². The second kappa shape index (κ2) is 5.18. The van der Waals surface area contributed by atoms with Crippen molar-refractivity contribution in [1.29, 1.82) is 0 Å². The molecule has 0 bridgehead atoms. The quantitative estimate of drug-likeness (QED) is 0.811. The van der Waals surface area contributed by atoms with Gasteiger partial charge in [-0.15, -0.1) is 0 Å². The van der Waals surface area contributed by atoms with E-state index in [1.165, 1.54) is 32.2 Å². The lowest BCUT2D eigenvalue weighted by atomic mass is 9.98. The minimum absolute atomic E-state index is 0.660. The van der Waals surface area contributed by atoms with Crippen molar-refractivity contribution in [2.24, 2.45) is 23.7 Å². The van der Waals surface area contributed by atoms with Crippen LogP contribution in [0.2, 0.25) is 0 Å². The van der Waals surface area contributed by atoms with Crippen molar-refractivity contribution in [2.75, 3.05) is 11.9 Å². The molecule has 1 N–H and O–H groups in total. The molecule has 2 aliphatic carbocycles. The molecule has 0 amide bonds. The third kappa shape index (κ3) is 3.31. The van der Waals surface area contributed by atoms with E-state index in [2.05, 4.69) is 41.8 Å². The largest absolute Gasteiger partial charge is 0.355 e. The Morgan fingerprint density at radius 1 is 1.26 bits per heavy atom. The molecule has 0 unspecified atom stereocenters. The minimum atomic E-state index is 0.660. The van der Waals surface area contributed by atoms with Gasteiger partial charge in [-0.1, -0.05) is 13.8 Å². The molecule has 3 rings (SSSR count). The second-order valence-electron chi connectivity index (χ2n) is 6.97. The summed E-state index contributed by atoms with van der Waals surface area (Å²) in [6.45, 7) is 8.76. The fourth-order valence-electron chi connectivity index (χ4n) is 3.08. The summed E-state index contributed by atoms with van der Waals surface area (Å²) < 4.78 is 2.37. The molecule has 0 saturated heterocycles. The average Bonchev–Trinajstić information content (AvgIpc) is 3.23. The number of imidazole rings is 1. The lowest BCUT2D eigenvalue weighted by Crippen LogP contribution is -2.18. The summed E-state index contributed by atoms with van der Waals surface area (Å²) in [5.74, 6) is 4.67. The Hall–Kier alpha value is -0.990. The van der Waals surface area contributed by atoms with E-state index in [0.29, 0.717) is 5.92 Å². The van der Waals surface area contributed by atoms with Gasteiger partial charge in [-0.25, -0.2) is 4.98 Å². The van der Waals surface area contributed by atoms with E-state index in [4.69, 9.17) is 0 Å². The minimum Gasteiger partial charge on any atom is -0.355 e. The number of rotatable bonds is 7. The number of anilines is 1. The zero-order valence-corrected chi connectivity index (χ0v) is 12.5. The van der Waals surface area contributed by atoms with Crippen molar-refractivity contribution in [2.45, 2.75) is 53.0 Å². The van der Waals surface area contributed by atoms with E-state index in [0.717, 1.165) is 35.9 Å². The Kier molecular flexibility index (Phi) is 3.55. The van der Waals surface area contributed by atoms with Gasteiger partial charge in [-0.2, -0.15) is 0 Å². The summed E-state index contributed by atoms with van der Waals surface area (Å²) in [6.07, 6.45) is 8.07. The fraction of sp³-hybridized carbons (Fsp3) is 0.812. The lowest BCUT2D eigenvalue weighted by molar-refractivity contribution is 0.350. The zero-order chi connectivity index (χ0) is 13.4. The molecule has 1 aromatic rings. The highest BCUT2D eigenvalue weighted by molar-refractivity contribution is 5.29. The highest BCUT2D eigenvalue weighted by atomic mass is 15.2. The molecule has 1 heterocycles. The van der Waals surface area contributed by atoms with Crippen LogP contribution in [-0.4, -0.2) is 16.1 Å². The van der Waals surface area contributed by atoms with E-state index in [1.54, 1.807) is 0 Å². The predicted octanol–water partition coefficient (Wildman–Crippen LogP) is 3.70. The van der Waals surface area contributed by atoms with Gasteiger partial charge >= 0.3 is 0 Å². The van der Waals surface area contributed by atoms with Gasteiger partial charge in [0.1, 0.15) is 0 Å². The van der Waals surface area contributed by atoms with Crippen LogP contribution in [0.3, 0.4) is 0 Å². The molecule has 1 aromatic heterocycles. The summed E-state index contributed by atoms with van der Waals surface area (Å²) in [5.41, 5.74) is 1.14. The van der Waals surface area contributed by atoms with Gasteiger partial charge in [-0.05, 0) is 56.3 Å². The predicted molar refractivity (Wildman–Crippen MR) is 79.2 cm³/mol. The van der Waals surface area contributed by atoms with Crippen LogP contribution in [0.15, 0.2) is 6.20 Å². The molecule has 106 valence electrons. The number of nitrogens with zero attached hydrogens (tertiary/aromatic N) is 2. The van der Waals surface area contributed by atoms with Crippen molar-refractivity contribution < 1.29 is 0 Å². The summed E-state index contributed by atoms with van der Waals surface area (Å²) in [7, 11) is 0. The van der Waals surface area contributed by atoms with Gasteiger partial charge < -0.3 is 9.88 Å². The zero-order valence-electron chi connectivity index (χ0n) is 12.5. The van der Waals surface area contributed by atoms with Crippen LogP contribution in [0.1, 0.15) is 45.2 Å². The van der Waals surface area contributed by atoms with Gasteiger partial charge in [0.25, 0.3) is 0 Å².